The van der Waals surface area contributed by atoms with Crippen LogP contribution in [0.2, 0.25) is 0 Å². The molecule has 0 radical (unpaired) electrons. The Kier molecular flexibility index (Phi) is 4.19. The summed E-state index contributed by atoms with van der Waals surface area (Å²) >= 11 is 0. The van der Waals surface area contributed by atoms with Gasteiger partial charge in [-0.2, -0.15) is 0 Å². The van der Waals surface area contributed by atoms with Crippen LogP contribution < -0.4 is 16.4 Å². The Morgan fingerprint density at radius 2 is 1.71 bits per heavy atom. The number of urea groups is 1. The van der Waals surface area contributed by atoms with Crippen LogP contribution >= 0.6 is 0 Å². The van der Waals surface area contributed by atoms with E-state index in [-0.39, 0.29) is 23.5 Å². The second-order valence-electron chi connectivity index (χ2n) is 8.72. The van der Waals surface area contributed by atoms with Crippen LogP contribution in [0.1, 0.15) is 51.4 Å². The van der Waals surface area contributed by atoms with E-state index in [0.717, 1.165) is 50.0 Å². The van der Waals surface area contributed by atoms with Gasteiger partial charge in [0.05, 0.1) is 0 Å². The van der Waals surface area contributed by atoms with E-state index in [4.69, 9.17) is 5.73 Å². The zero-order valence-electron chi connectivity index (χ0n) is 14.4. The Morgan fingerprint density at radius 1 is 1.08 bits per heavy atom. The maximum absolute atomic E-state index is 12.3. The van der Waals surface area contributed by atoms with Crippen LogP contribution in [-0.4, -0.2) is 48.1 Å². The normalized spacial score (nSPS) is 40.0. The van der Waals surface area contributed by atoms with Crippen molar-refractivity contribution in [1.82, 2.24) is 15.5 Å². The van der Waals surface area contributed by atoms with E-state index in [9.17, 15) is 9.59 Å². The van der Waals surface area contributed by atoms with Gasteiger partial charge in [-0.05, 0) is 62.7 Å². The van der Waals surface area contributed by atoms with Crippen molar-refractivity contribution in [1.29, 1.82) is 0 Å². The summed E-state index contributed by atoms with van der Waals surface area (Å²) in [7, 11) is 0. The number of nitrogens with zero attached hydrogens (tertiary/aromatic N) is 1. The lowest BCUT2D eigenvalue weighted by molar-refractivity contribution is -0.130. The quantitative estimate of drug-likeness (QED) is 0.722. The summed E-state index contributed by atoms with van der Waals surface area (Å²) in [6, 6.07) is 0.0177. The monoisotopic (exact) mass is 334 g/mol. The SMILES string of the molecule is N[C@@H]1CCN(C(=O)CCNC(=O)NC23CC4CC(CC(C4)C2)C3)C1. The van der Waals surface area contributed by atoms with Crippen molar-refractivity contribution in [2.45, 2.75) is 62.9 Å². The van der Waals surface area contributed by atoms with Gasteiger partial charge in [0, 0.05) is 37.6 Å². The predicted octanol–water partition coefficient (Wildman–Crippen LogP) is 1.20. The second kappa shape index (κ2) is 6.21. The van der Waals surface area contributed by atoms with Gasteiger partial charge in [0.15, 0.2) is 0 Å². The topological polar surface area (TPSA) is 87.5 Å². The molecule has 1 atom stereocenters. The summed E-state index contributed by atoms with van der Waals surface area (Å²) < 4.78 is 0. The first-order valence-electron chi connectivity index (χ1n) is 9.61. The van der Waals surface area contributed by atoms with E-state index < -0.39 is 0 Å². The third kappa shape index (κ3) is 3.25. The van der Waals surface area contributed by atoms with Crippen molar-refractivity contribution >= 4 is 11.9 Å². The molecule has 3 amide bonds. The fourth-order valence-electron chi connectivity index (χ4n) is 6.00. The van der Waals surface area contributed by atoms with Gasteiger partial charge >= 0.3 is 6.03 Å². The number of nitrogens with one attached hydrogen (secondary N) is 2. The molecule has 0 spiro atoms. The molecule has 5 rings (SSSR count). The molecule has 4 bridgehead atoms. The third-order valence-electron chi connectivity index (χ3n) is 6.62. The summed E-state index contributed by atoms with van der Waals surface area (Å²) in [5.41, 5.74) is 5.86. The van der Waals surface area contributed by atoms with Crippen LogP contribution in [0, 0.1) is 17.8 Å². The molecule has 5 aliphatic rings. The Balaban J connectivity index is 1.22. The Morgan fingerprint density at radius 3 is 2.25 bits per heavy atom. The van der Waals surface area contributed by atoms with Crippen LogP contribution in [-0.2, 0) is 4.79 Å². The van der Waals surface area contributed by atoms with Crippen molar-refractivity contribution in [2.24, 2.45) is 23.5 Å². The largest absolute Gasteiger partial charge is 0.341 e. The molecule has 4 N–H and O–H groups in total. The molecule has 0 aromatic rings. The van der Waals surface area contributed by atoms with Gasteiger partial charge in [-0.3, -0.25) is 4.79 Å². The summed E-state index contributed by atoms with van der Waals surface area (Å²) in [5.74, 6) is 2.55. The minimum atomic E-state index is -0.0946. The van der Waals surface area contributed by atoms with E-state index in [1.165, 1.54) is 19.3 Å². The number of hydrogen-bond acceptors (Lipinski definition) is 3. The van der Waals surface area contributed by atoms with Gasteiger partial charge in [0.1, 0.15) is 0 Å². The predicted molar refractivity (Wildman–Crippen MR) is 91.2 cm³/mol. The molecule has 1 saturated heterocycles. The second-order valence-corrected chi connectivity index (χ2v) is 8.72. The zero-order chi connectivity index (χ0) is 16.7. The van der Waals surface area contributed by atoms with Gasteiger partial charge in [-0.15, -0.1) is 0 Å². The molecule has 24 heavy (non-hydrogen) atoms. The Hall–Kier alpha value is -1.30. The van der Waals surface area contributed by atoms with Gasteiger partial charge in [-0.25, -0.2) is 4.79 Å². The minimum absolute atomic E-state index is 0.0323. The third-order valence-corrected chi connectivity index (χ3v) is 6.62. The molecule has 5 fully saturated rings. The van der Waals surface area contributed by atoms with Crippen molar-refractivity contribution in [2.75, 3.05) is 19.6 Å². The highest BCUT2D eigenvalue weighted by atomic mass is 16.2. The first kappa shape index (κ1) is 16.2. The fraction of sp³-hybridized carbons (Fsp3) is 0.889. The molecule has 4 aliphatic carbocycles. The molecule has 1 aliphatic heterocycles. The van der Waals surface area contributed by atoms with Gasteiger partial charge in [0.25, 0.3) is 0 Å². The minimum Gasteiger partial charge on any atom is -0.341 e. The number of rotatable bonds is 4. The summed E-state index contributed by atoms with van der Waals surface area (Å²) in [4.78, 5) is 26.2. The van der Waals surface area contributed by atoms with E-state index in [0.29, 0.717) is 19.5 Å². The lowest BCUT2D eigenvalue weighted by Crippen LogP contribution is -2.61. The van der Waals surface area contributed by atoms with Gasteiger partial charge in [-0.1, -0.05) is 0 Å². The molecular weight excluding hydrogens is 304 g/mol. The number of hydrogen-bond donors (Lipinski definition) is 3. The van der Waals surface area contributed by atoms with Crippen molar-refractivity contribution in [3.63, 3.8) is 0 Å². The van der Waals surface area contributed by atoms with Crippen LogP contribution in [0.4, 0.5) is 4.79 Å². The summed E-state index contributed by atoms with van der Waals surface area (Å²) in [6.07, 6.45) is 8.80. The maximum Gasteiger partial charge on any atom is 0.315 e. The smallest absolute Gasteiger partial charge is 0.315 e. The Bertz CT molecular complexity index is 486. The van der Waals surface area contributed by atoms with Crippen LogP contribution in [0.15, 0.2) is 0 Å². The number of carbonyl (C=O) groups excluding carboxylic acids is 2. The van der Waals surface area contributed by atoms with Gasteiger partial charge < -0.3 is 21.3 Å². The van der Waals surface area contributed by atoms with Crippen molar-refractivity contribution < 1.29 is 9.59 Å². The highest BCUT2D eigenvalue weighted by Gasteiger charge is 2.51. The molecule has 0 unspecified atom stereocenters. The molecule has 4 saturated carbocycles. The van der Waals surface area contributed by atoms with Crippen LogP contribution in [0.5, 0.6) is 0 Å². The Labute approximate surface area is 143 Å². The van der Waals surface area contributed by atoms with Crippen molar-refractivity contribution in [3.05, 3.63) is 0 Å². The molecule has 0 aromatic heterocycles. The van der Waals surface area contributed by atoms with Crippen LogP contribution in [0.3, 0.4) is 0 Å². The van der Waals surface area contributed by atoms with E-state index in [1.54, 1.807) is 0 Å². The standard InChI is InChI=1S/C18H30N4O2/c19-15-2-4-22(11-15)16(23)1-3-20-17(24)21-18-8-12-5-13(9-18)7-14(6-12)10-18/h12-15H,1-11,19H2,(H2,20,21,24)/t12?,13?,14?,15-,18?/m1/s1. The molecule has 6 nitrogen and oxygen atoms in total. The summed E-state index contributed by atoms with van der Waals surface area (Å²) in [6.45, 7) is 1.81. The molecule has 134 valence electrons. The molecule has 1 heterocycles. The number of likely N-dealkylation sites (tertiary alicyclic amines) is 1. The summed E-state index contributed by atoms with van der Waals surface area (Å²) in [5, 5.41) is 6.17. The first-order chi connectivity index (χ1) is 11.5. The fourth-order valence-corrected chi connectivity index (χ4v) is 6.00. The molecular formula is C18H30N4O2. The lowest BCUT2D eigenvalue weighted by atomic mass is 9.53. The average Bonchev–Trinajstić information content (AvgIpc) is 2.91. The molecule has 6 heteroatoms. The average molecular weight is 334 g/mol. The van der Waals surface area contributed by atoms with Gasteiger partial charge in [0.2, 0.25) is 5.91 Å². The van der Waals surface area contributed by atoms with E-state index in [1.807, 2.05) is 4.90 Å². The highest BCUT2D eigenvalue weighted by molar-refractivity contribution is 5.79. The maximum atomic E-state index is 12.3. The number of carbonyl (C=O) groups is 2. The first-order valence-corrected chi connectivity index (χ1v) is 9.61. The number of amides is 3. The lowest BCUT2D eigenvalue weighted by Gasteiger charge is -2.56. The highest BCUT2D eigenvalue weighted by Crippen LogP contribution is 2.55. The van der Waals surface area contributed by atoms with E-state index in [2.05, 4.69) is 10.6 Å². The number of nitrogens with two attached hydrogens (primary N) is 1. The zero-order valence-corrected chi connectivity index (χ0v) is 14.4. The van der Waals surface area contributed by atoms with E-state index >= 15 is 0 Å². The van der Waals surface area contributed by atoms with Crippen LogP contribution in [0.25, 0.3) is 0 Å². The molecule has 0 aromatic carbocycles. The van der Waals surface area contributed by atoms with Crippen molar-refractivity contribution in [3.8, 4) is 0 Å².